The quantitative estimate of drug-likeness (QED) is 0.684. The summed E-state index contributed by atoms with van der Waals surface area (Å²) in [7, 11) is 0. The van der Waals surface area contributed by atoms with Gasteiger partial charge in [0.1, 0.15) is 5.69 Å². The Hall–Kier alpha value is -1.64. The Bertz CT molecular complexity index is 367. The molecule has 0 spiro atoms. The number of aromatic nitrogens is 2. The Morgan fingerprint density at radius 2 is 1.92 bits per heavy atom. The second-order valence-corrected chi connectivity index (χ2v) is 2.45. The Morgan fingerprint density at radius 1 is 1.17 bits per heavy atom. The molecular weight excluding hydrogens is 155 g/mol. The van der Waals surface area contributed by atoms with Crippen LogP contribution in [0.25, 0.3) is 11.3 Å². The van der Waals surface area contributed by atoms with Crippen molar-refractivity contribution in [2.45, 2.75) is 0 Å². The highest BCUT2D eigenvalue weighted by Crippen LogP contribution is 2.18. The van der Waals surface area contributed by atoms with E-state index in [-0.39, 0.29) is 5.82 Å². The first-order valence-corrected chi connectivity index (χ1v) is 3.62. The lowest BCUT2D eigenvalue weighted by Crippen LogP contribution is -1.79. The van der Waals surface area contributed by atoms with E-state index in [1.54, 1.807) is 0 Å². The van der Waals surface area contributed by atoms with E-state index >= 15 is 0 Å². The fraction of sp³-hybridized carbons (Fsp3) is 0. The highest BCUT2D eigenvalue weighted by atomic mass is 19.1. The fourth-order valence-corrected chi connectivity index (χ4v) is 1.07. The van der Waals surface area contributed by atoms with Crippen LogP contribution in [0.2, 0.25) is 0 Å². The largest absolute Gasteiger partial charge is 0.282 e. The number of H-pyrrole nitrogens is 1. The van der Waals surface area contributed by atoms with Crippen molar-refractivity contribution in [3.05, 3.63) is 42.3 Å². The third kappa shape index (κ3) is 1.09. The number of nitrogens with one attached hydrogen (secondary N) is 1. The monoisotopic (exact) mass is 162 g/mol. The van der Waals surface area contributed by atoms with Gasteiger partial charge < -0.3 is 0 Å². The smallest absolute Gasteiger partial charge is 0.168 e. The first-order valence-electron chi connectivity index (χ1n) is 3.62. The minimum absolute atomic E-state index is 0.318. The van der Waals surface area contributed by atoms with Gasteiger partial charge in [0.25, 0.3) is 0 Å². The van der Waals surface area contributed by atoms with Crippen LogP contribution in [0.3, 0.4) is 0 Å². The van der Waals surface area contributed by atoms with Crippen LogP contribution in [-0.4, -0.2) is 10.2 Å². The number of benzene rings is 1. The van der Waals surface area contributed by atoms with E-state index in [0.717, 1.165) is 5.56 Å². The summed E-state index contributed by atoms with van der Waals surface area (Å²) >= 11 is 0. The van der Waals surface area contributed by atoms with Crippen LogP contribution in [-0.2, 0) is 0 Å². The molecule has 2 nitrogen and oxygen atoms in total. The number of hydrogen-bond donors (Lipinski definition) is 1. The van der Waals surface area contributed by atoms with E-state index in [9.17, 15) is 4.39 Å². The molecule has 0 saturated carbocycles. The molecule has 0 aliphatic rings. The van der Waals surface area contributed by atoms with E-state index in [0.29, 0.717) is 5.69 Å². The van der Waals surface area contributed by atoms with Crippen molar-refractivity contribution in [3.8, 4) is 11.3 Å². The number of hydrogen-bond acceptors (Lipinski definition) is 1. The molecule has 0 radical (unpaired) electrons. The Kier molecular flexibility index (Phi) is 1.63. The third-order valence-electron chi connectivity index (χ3n) is 1.64. The Labute approximate surface area is 69.1 Å². The molecule has 2 aromatic rings. The average Bonchev–Trinajstić information content (AvgIpc) is 2.53. The second-order valence-electron chi connectivity index (χ2n) is 2.45. The highest BCUT2D eigenvalue weighted by Gasteiger charge is 2.05. The second kappa shape index (κ2) is 2.77. The zero-order chi connectivity index (χ0) is 8.39. The number of aromatic amines is 1. The summed E-state index contributed by atoms with van der Waals surface area (Å²) in [6.07, 6.45) is 1.24. The molecule has 2 rings (SSSR count). The van der Waals surface area contributed by atoms with Crippen molar-refractivity contribution in [1.29, 1.82) is 0 Å². The lowest BCUT2D eigenvalue weighted by Gasteiger charge is -1.93. The molecule has 0 aliphatic heterocycles. The number of halogens is 1. The summed E-state index contributed by atoms with van der Waals surface area (Å²) < 4.78 is 12.9. The average molecular weight is 162 g/mol. The molecule has 0 aliphatic carbocycles. The molecule has 0 unspecified atom stereocenters. The lowest BCUT2D eigenvalue weighted by molar-refractivity contribution is 0.632. The minimum atomic E-state index is -0.318. The number of nitrogens with zero attached hydrogens (tertiary/aromatic N) is 1. The van der Waals surface area contributed by atoms with E-state index in [2.05, 4.69) is 10.2 Å². The Balaban J connectivity index is 2.51. The topological polar surface area (TPSA) is 28.7 Å². The van der Waals surface area contributed by atoms with Crippen LogP contribution in [0.15, 0.2) is 36.5 Å². The maximum Gasteiger partial charge on any atom is 0.168 e. The summed E-state index contributed by atoms with van der Waals surface area (Å²) in [5.41, 5.74) is 1.16. The first-order chi connectivity index (χ1) is 5.88. The van der Waals surface area contributed by atoms with Crippen LogP contribution in [0.4, 0.5) is 4.39 Å². The van der Waals surface area contributed by atoms with Gasteiger partial charge in [0.15, 0.2) is 5.82 Å². The van der Waals surface area contributed by atoms with E-state index in [1.165, 1.54) is 6.20 Å². The molecule has 12 heavy (non-hydrogen) atoms. The summed E-state index contributed by atoms with van der Waals surface area (Å²) in [5.74, 6) is -0.318. The van der Waals surface area contributed by atoms with Crippen molar-refractivity contribution in [2.24, 2.45) is 0 Å². The van der Waals surface area contributed by atoms with Crippen LogP contribution in [0.5, 0.6) is 0 Å². The number of rotatable bonds is 1. The molecule has 1 aromatic heterocycles. The molecule has 3 heteroatoms. The van der Waals surface area contributed by atoms with Crippen LogP contribution >= 0.6 is 0 Å². The van der Waals surface area contributed by atoms with E-state index in [4.69, 9.17) is 0 Å². The summed E-state index contributed by atoms with van der Waals surface area (Å²) in [6, 6.07) is 9.22. The zero-order valence-corrected chi connectivity index (χ0v) is 6.29. The van der Waals surface area contributed by atoms with Crippen molar-refractivity contribution < 1.29 is 4.39 Å². The molecule has 1 heterocycles. The van der Waals surface area contributed by atoms with E-state index in [1.807, 2.05) is 30.3 Å². The minimum Gasteiger partial charge on any atom is -0.282 e. The van der Waals surface area contributed by atoms with Crippen LogP contribution in [0, 0.1) is 5.82 Å². The van der Waals surface area contributed by atoms with Crippen molar-refractivity contribution in [1.82, 2.24) is 10.2 Å². The molecule has 0 atom stereocenters. The van der Waals surface area contributed by atoms with Crippen LogP contribution in [0.1, 0.15) is 0 Å². The Morgan fingerprint density at radius 3 is 2.50 bits per heavy atom. The van der Waals surface area contributed by atoms with Crippen molar-refractivity contribution >= 4 is 0 Å². The van der Waals surface area contributed by atoms with Gasteiger partial charge in [-0.15, -0.1) is 0 Å². The SMILES string of the molecule is Fc1c[nH]nc1-c1ccccc1. The molecule has 60 valence electrons. The molecule has 0 fully saturated rings. The maximum absolute atomic E-state index is 12.9. The predicted octanol–water partition coefficient (Wildman–Crippen LogP) is 2.22. The highest BCUT2D eigenvalue weighted by molar-refractivity contribution is 5.58. The van der Waals surface area contributed by atoms with Gasteiger partial charge in [0, 0.05) is 5.56 Å². The van der Waals surface area contributed by atoms with Gasteiger partial charge in [-0.3, -0.25) is 5.10 Å². The molecular formula is C9H7FN2. The molecule has 0 bridgehead atoms. The molecule has 0 saturated heterocycles. The molecule has 1 aromatic carbocycles. The summed E-state index contributed by atoms with van der Waals surface area (Å²) in [5, 5.41) is 6.26. The maximum atomic E-state index is 12.9. The van der Waals surface area contributed by atoms with Gasteiger partial charge in [-0.2, -0.15) is 5.10 Å². The van der Waals surface area contributed by atoms with E-state index < -0.39 is 0 Å². The lowest BCUT2D eigenvalue weighted by atomic mass is 10.1. The summed E-state index contributed by atoms with van der Waals surface area (Å²) in [6.45, 7) is 0. The zero-order valence-electron chi connectivity index (χ0n) is 6.29. The predicted molar refractivity (Wildman–Crippen MR) is 44.0 cm³/mol. The standard InChI is InChI=1S/C9H7FN2/c10-8-6-11-12-9(8)7-4-2-1-3-5-7/h1-6H,(H,11,12). The van der Waals surface area contributed by atoms with Crippen molar-refractivity contribution in [2.75, 3.05) is 0 Å². The summed E-state index contributed by atoms with van der Waals surface area (Å²) in [4.78, 5) is 0. The normalized spacial score (nSPS) is 10.1. The van der Waals surface area contributed by atoms with Gasteiger partial charge in [0.2, 0.25) is 0 Å². The fourth-order valence-electron chi connectivity index (χ4n) is 1.07. The first kappa shape index (κ1) is 7.03. The molecule has 1 N–H and O–H groups in total. The van der Waals surface area contributed by atoms with Gasteiger partial charge in [-0.25, -0.2) is 4.39 Å². The van der Waals surface area contributed by atoms with Gasteiger partial charge in [-0.05, 0) is 0 Å². The van der Waals surface area contributed by atoms with Gasteiger partial charge in [-0.1, -0.05) is 30.3 Å². The third-order valence-corrected chi connectivity index (χ3v) is 1.64. The van der Waals surface area contributed by atoms with Crippen LogP contribution < -0.4 is 0 Å². The van der Waals surface area contributed by atoms with Gasteiger partial charge >= 0.3 is 0 Å². The molecule has 0 amide bonds. The van der Waals surface area contributed by atoms with Crippen molar-refractivity contribution in [3.63, 3.8) is 0 Å². The van der Waals surface area contributed by atoms with Gasteiger partial charge in [0.05, 0.1) is 6.20 Å².